The highest BCUT2D eigenvalue weighted by Crippen LogP contribution is 2.38. The summed E-state index contributed by atoms with van der Waals surface area (Å²) in [5.41, 5.74) is 1.85. The van der Waals surface area contributed by atoms with Crippen LogP contribution in [0.15, 0.2) is 48.7 Å². The quantitative estimate of drug-likeness (QED) is 0.209. The van der Waals surface area contributed by atoms with E-state index in [9.17, 15) is 4.79 Å². The average molecular weight is 543 g/mol. The molecule has 4 rings (SSSR count). The van der Waals surface area contributed by atoms with Crippen LogP contribution in [0.3, 0.4) is 0 Å². The highest BCUT2D eigenvalue weighted by Gasteiger charge is 2.29. The lowest BCUT2D eigenvalue weighted by molar-refractivity contribution is 0.0969. The fraction of sp³-hybridized carbons (Fsp3) is 0.250. The molecule has 0 saturated carbocycles. The number of benzene rings is 3. The molecule has 0 fully saturated rings. The first kappa shape index (κ1) is 27.1. The molecule has 0 amide bonds. The van der Waals surface area contributed by atoms with E-state index in [0.29, 0.717) is 50.4 Å². The summed E-state index contributed by atoms with van der Waals surface area (Å²) in [5, 5.41) is 13.0. The molecule has 3 aromatic carbocycles. The van der Waals surface area contributed by atoms with E-state index in [1.54, 1.807) is 49.4 Å². The predicted octanol–water partition coefficient (Wildman–Crippen LogP) is 5.70. The van der Waals surface area contributed by atoms with Gasteiger partial charge in [0.25, 0.3) is 0 Å². The molecular weight excluding hydrogens is 515 g/mol. The number of aromatic nitrogens is 1. The van der Waals surface area contributed by atoms with Crippen LogP contribution in [0.4, 0.5) is 10.1 Å². The fourth-order valence-corrected chi connectivity index (χ4v) is 4.44. The number of fused-ring (bicyclic) bond motifs is 1. The Labute approximate surface area is 224 Å². The highest BCUT2D eigenvalue weighted by atomic mass is 35.5. The zero-order chi connectivity index (χ0) is 27.4. The summed E-state index contributed by atoms with van der Waals surface area (Å²) in [7, 11) is 4.44. The van der Waals surface area contributed by atoms with Gasteiger partial charge in [-0.2, -0.15) is 0 Å². The highest BCUT2D eigenvalue weighted by molar-refractivity contribution is 6.30. The number of nitrogens with one attached hydrogen (secondary N) is 2. The van der Waals surface area contributed by atoms with Gasteiger partial charge < -0.3 is 34.4 Å². The first-order valence-corrected chi connectivity index (χ1v) is 12.1. The number of aliphatic hydroxyl groups is 1. The molecule has 1 atom stereocenters. The lowest BCUT2D eigenvalue weighted by Crippen LogP contribution is -2.22. The van der Waals surface area contributed by atoms with Crippen LogP contribution in [-0.4, -0.2) is 50.4 Å². The van der Waals surface area contributed by atoms with E-state index >= 15 is 4.39 Å². The van der Waals surface area contributed by atoms with Crippen LogP contribution in [0.25, 0.3) is 10.9 Å². The molecule has 200 valence electrons. The molecule has 0 aliphatic carbocycles. The van der Waals surface area contributed by atoms with E-state index in [-0.39, 0.29) is 24.2 Å². The minimum atomic E-state index is -1.01. The van der Waals surface area contributed by atoms with Crippen molar-refractivity contribution in [3.63, 3.8) is 0 Å². The maximum atomic E-state index is 15.5. The van der Waals surface area contributed by atoms with Crippen LogP contribution in [0.5, 0.6) is 23.0 Å². The molecule has 3 N–H and O–H groups in total. The molecule has 0 spiro atoms. The van der Waals surface area contributed by atoms with E-state index < -0.39 is 17.6 Å². The zero-order valence-corrected chi connectivity index (χ0v) is 22.1. The molecule has 1 aromatic heterocycles. The van der Waals surface area contributed by atoms with E-state index in [0.717, 1.165) is 0 Å². The van der Waals surface area contributed by atoms with Crippen molar-refractivity contribution in [2.24, 2.45) is 0 Å². The molecular formula is C28H28ClFN2O6. The van der Waals surface area contributed by atoms with Gasteiger partial charge in [0.1, 0.15) is 41.5 Å². The van der Waals surface area contributed by atoms with Crippen molar-refractivity contribution in [2.75, 3.05) is 39.9 Å². The summed E-state index contributed by atoms with van der Waals surface area (Å²) in [6.45, 7) is 1.51. The third kappa shape index (κ3) is 5.34. The van der Waals surface area contributed by atoms with Crippen molar-refractivity contribution >= 4 is 34.0 Å². The van der Waals surface area contributed by atoms with Crippen molar-refractivity contribution in [3.8, 4) is 23.0 Å². The van der Waals surface area contributed by atoms with E-state index in [1.165, 1.54) is 27.5 Å². The number of anilines is 1. The van der Waals surface area contributed by atoms with Crippen molar-refractivity contribution in [1.82, 2.24) is 4.98 Å². The van der Waals surface area contributed by atoms with E-state index in [4.69, 9.17) is 35.7 Å². The van der Waals surface area contributed by atoms with Crippen molar-refractivity contribution in [1.29, 1.82) is 0 Å². The number of carbonyl (C=O) groups excluding carboxylic acids is 1. The van der Waals surface area contributed by atoms with Gasteiger partial charge in [-0.25, -0.2) is 4.39 Å². The van der Waals surface area contributed by atoms with Gasteiger partial charge in [-0.15, -0.1) is 0 Å². The van der Waals surface area contributed by atoms with E-state index in [1.807, 2.05) is 0 Å². The van der Waals surface area contributed by atoms with Crippen LogP contribution in [0.1, 0.15) is 27.5 Å². The number of Topliss-reactive ketones (excluding diaryl/α,β-unsaturated/α-hetero) is 1. The first-order chi connectivity index (χ1) is 18.3. The van der Waals surface area contributed by atoms with Crippen LogP contribution in [-0.2, 0) is 0 Å². The molecule has 0 aliphatic heterocycles. The summed E-state index contributed by atoms with van der Waals surface area (Å²) < 4.78 is 37.3. The van der Waals surface area contributed by atoms with Crippen LogP contribution in [0, 0.1) is 12.7 Å². The Morgan fingerprint density at radius 1 is 1.05 bits per heavy atom. The number of aromatic amines is 1. The molecule has 0 saturated heterocycles. The Kier molecular flexibility index (Phi) is 8.29. The summed E-state index contributed by atoms with van der Waals surface area (Å²) in [4.78, 5) is 17.1. The van der Waals surface area contributed by atoms with Gasteiger partial charge in [0, 0.05) is 63.2 Å². The van der Waals surface area contributed by atoms with Crippen LogP contribution >= 0.6 is 11.6 Å². The van der Waals surface area contributed by atoms with Crippen molar-refractivity contribution < 1.29 is 33.2 Å². The normalized spacial score (nSPS) is 11.8. The number of aliphatic hydroxyl groups excluding tert-OH is 1. The molecule has 1 heterocycles. The molecule has 0 radical (unpaired) electrons. The summed E-state index contributed by atoms with van der Waals surface area (Å²) >= 11 is 6.19. The molecule has 4 aromatic rings. The Balaban J connectivity index is 1.86. The number of rotatable bonds is 11. The third-order valence-corrected chi connectivity index (χ3v) is 6.38. The fourth-order valence-electron chi connectivity index (χ4n) is 4.28. The molecule has 0 bridgehead atoms. The van der Waals surface area contributed by atoms with Gasteiger partial charge in [0.2, 0.25) is 0 Å². The first-order valence-electron chi connectivity index (χ1n) is 11.7. The third-order valence-electron chi connectivity index (χ3n) is 6.15. The Bertz CT molecular complexity index is 1470. The average Bonchev–Trinajstić information content (AvgIpc) is 3.36. The van der Waals surface area contributed by atoms with Gasteiger partial charge >= 0.3 is 0 Å². The van der Waals surface area contributed by atoms with Gasteiger partial charge in [0.15, 0.2) is 5.78 Å². The van der Waals surface area contributed by atoms with Crippen LogP contribution in [0.2, 0.25) is 5.02 Å². The standard InChI is InChI=1S/C28H28ClFN2O6/c1-15-23(36-3)13-22-25(26(15)30)21(14-31-22)28(34)27(20-6-5-16(29)9-24(20)37-4)32-17-10-18(35-2)12-19(11-17)38-8-7-33/h5-6,9-14,27,31-33H,7-8H2,1-4H3/t27-/m1/s1. The maximum Gasteiger partial charge on any atom is 0.191 e. The molecule has 38 heavy (non-hydrogen) atoms. The number of ether oxygens (including phenoxy) is 4. The topological polar surface area (TPSA) is 102 Å². The Morgan fingerprint density at radius 2 is 1.79 bits per heavy atom. The van der Waals surface area contributed by atoms with Crippen LogP contribution < -0.4 is 24.3 Å². The SMILES string of the molecule is COc1cc(N[C@@H](C(=O)c2c[nH]c3cc(OC)c(C)c(F)c23)c2ccc(Cl)cc2OC)cc(OCCO)c1. The maximum absolute atomic E-state index is 15.5. The van der Waals surface area contributed by atoms with Crippen molar-refractivity contribution in [2.45, 2.75) is 13.0 Å². The zero-order valence-electron chi connectivity index (χ0n) is 21.4. The number of methoxy groups -OCH3 is 3. The summed E-state index contributed by atoms with van der Waals surface area (Å²) in [6.07, 6.45) is 1.48. The largest absolute Gasteiger partial charge is 0.497 e. The lowest BCUT2D eigenvalue weighted by atomic mass is 9.95. The second-order valence-electron chi connectivity index (χ2n) is 8.44. The van der Waals surface area contributed by atoms with Gasteiger partial charge in [-0.1, -0.05) is 17.7 Å². The minimum absolute atomic E-state index is 0.0808. The summed E-state index contributed by atoms with van der Waals surface area (Å²) in [5.74, 6) is 0.680. The Morgan fingerprint density at radius 3 is 2.47 bits per heavy atom. The smallest absolute Gasteiger partial charge is 0.191 e. The molecule has 8 nitrogen and oxygen atoms in total. The second kappa shape index (κ2) is 11.6. The monoisotopic (exact) mass is 542 g/mol. The minimum Gasteiger partial charge on any atom is -0.497 e. The van der Waals surface area contributed by atoms with Gasteiger partial charge in [-0.05, 0) is 19.1 Å². The number of ketones is 1. The lowest BCUT2D eigenvalue weighted by Gasteiger charge is -2.22. The van der Waals surface area contributed by atoms with E-state index in [2.05, 4.69) is 10.3 Å². The van der Waals surface area contributed by atoms with Crippen molar-refractivity contribution in [3.05, 3.63) is 76.2 Å². The number of carbonyl (C=O) groups is 1. The molecule has 10 heteroatoms. The number of hydrogen-bond donors (Lipinski definition) is 3. The number of H-pyrrole nitrogens is 1. The van der Waals surface area contributed by atoms with Gasteiger partial charge in [-0.3, -0.25) is 4.79 Å². The molecule has 0 unspecified atom stereocenters. The number of hydrogen-bond acceptors (Lipinski definition) is 7. The second-order valence-corrected chi connectivity index (χ2v) is 8.88. The molecule has 0 aliphatic rings. The van der Waals surface area contributed by atoms with Gasteiger partial charge in [0.05, 0.1) is 33.5 Å². The number of halogens is 2. The summed E-state index contributed by atoms with van der Waals surface area (Å²) in [6, 6.07) is 10.6. The predicted molar refractivity (Wildman–Crippen MR) is 144 cm³/mol. The Hall–Kier alpha value is -3.95.